The smallest absolute Gasteiger partial charge is 0.256 e. The fourth-order valence-electron chi connectivity index (χ4n) is 1.74. The van der Waals surface area contributed by atoms with Gasteiger partial charge in [-0.15, -0.1) is 0 Å². The molecule has 0 saturated heterocycles. The first-order valence-electron chi connectivity index (χ1n) is 5.57. The summed E-state index contributed by atoms with van der Waals surface area (Å²) in [6.07, 6.45) is 2.99. The van der Waals surface area contributed by atoms with Gasteiger partial charge >= 0.3 is 0 Å². The van der Waals surface area contributed by atoms with Gasteiger partial charge in [0.15, 0.2) is 11.6 Å². The molecule has 2 aromatic heterocycles. The van der Waals surface area contributed by atoms with Crippen LogP contribution in [0.5, 0.6) is 11.6 Å². The number of hydrogen-bond donors (Lipinski definition) is 0. The Morgan fingerprint density at radius 3 is 2.79 bits per heavy atom. The molecular formula is C14H8ClFN2O. The first kappa shape index (κ1) is 11.9. The average molecular weight is 275 g/mol. The van der Waals surface area contributed by atoms with E-state index in [4.69, 9.17) is 16.3 Å². The molecule has 1 aromatic carbocycles. The summed E-state index contributed by atoms with van der Waals surface area (Å²) in [6.45, 7) is 0. The maximum atomic E-state index is 13.6. The van der Waals surface area contributed by atoms with E-state index < -0.39 is 5.82 Å². The predicted octanol–water partition coefficient (Wildman–Crippen LogP) is 4.21. The minimum absolute atomic E-state index is 0.123. The Balaban J connectivity index is 2.06. The predicted molar refractivity (Wildman–Crippen MR) is 71.0 cm³/mol. The summed E-state index contributed by atoms with van der Waals surface area (Å²) >= 11 is 5.64. The lowest BCUT2D eigenvalue weighted by Gasteiger charge is -2.07. The molecular weight excluding hydrogens is 267 g/mol. The molecule has 3 aromatic rings. The van der Waals surface area contributed by atoms with Crippen molar-refractivity contribution in [2.24, 2.45) is 0 Å². The van der Waals surface area contributed by atoms with Crippen LogP contribution >= 0.6 is 11.6 Å². The number of rotatable bonds is 2. The van der Waals surface area contributed by atoms with Crippen LogP contribution in [0.2, 0.25) is 5.02 Å². The van der Waals surface area contributed by atoms with Gasteiger partial charge in [-0.25, -0.2) is 9.37 Å². The van der Waals surface area contributed by atoms with Crippen LogP contribution in [0.1, 0.15) is 0 Å². The van der Waals surface area contributed by atoms with Gasteiger partial charge in [-0.3, -0.25) is 4.98 Å². The van der Waals surface area contributed by atoms with Crippen LogP contribution in [0.4, 0.5) is 4.39 Å². The minimum Gasteiger partial charge on any atom is -0.434 e. The summed E-state index contributed by atoms with van der Waals surface area (Å²) in [4.78, 5) is 8.05. The Morgan fingerprint density at radius 1 is 1.11 bits per heavy atom. The third kappa shape index (κ3) is 2.35. The summed E-state index contributed by atoms with van der Waals surface area (Å²) in [5.74, 6) is -0.283. The number of fused-ring (bicyclic) bond motifs is 1. The maximum absolute atomic E-state index is 13.6. The van der Waals surface area contributed by atoms with E-state index in [-0.39, 0.29) is 10.9 Å². The molecule has 0 aliphatic rings. The lowest BCUT2D eigenvalue weighted by Crippen LogP contribution is -1.93. The van der Waals surface area contributed by atoms with E-state index in [2.05, 4.69) is 9.97 Å². The number of aromatic nitrogens is 2. The second-order valence-corrected chi connectivity index (χ2v) is 4.31. The average Bonchev–Trinajstić information content (AvgIpc) is 2.42. The van der Waals surface area contributed by atoms with Crippen molar-refractivity contribution in [3.05, 3.63) is 59.6 Å². The second-order valence-electron chi connectivity index (χ2n) is 3.87. The highest BCUT2D eigenvalue weighted by molar-refractivity contribution is 6.30. The minimum atomic E-state index is -0.611. The molecule has 0 unspecified atom stereocenters. The second kappa shape index (κ2) is 4.82. The SMILES string of the molecule is Fc1cc(Cl)cnc1Oc1cccc2cccnc12. The molecule has 5 heteroatoms. The number of pyridine rings is 2. The fraction of sp³-hybridized carbons (Fsp3) is 0. The summed E-state index contributed by atoms with van der Waals surface area (Å²) in [7, 11) is 0. The summed E-state index contributed by atoms with van der Waals surface area (Å²) < 4.78 is 19.1. The Kier molecular flexibility index (Phi) is 3.01. The Bertz CT molecular complexity index is 743. The monoisotopic (exact) mass is 274 g/mol. The van der Waals surface area contributed by atoms with Gasteiger partial charge in [0.25, 0.3) is 5.88 Å². The van der Waals surface area contributed by atoms with Gasteiger partial charge in [0.05, 0.1) is 5.02 Å². The van der Waals surface area contributed by atoms with E-state index in [1.807, 2.05) is 24.3 Å². The van der Waals surface area contributed by atoms with E-state index >= 15 is 0 Å². The van der Waals surface area contributed by atoms with Gasteiger partial charge in [-0.2, -0.15) is 0 Å². The van der Waals surface area contributed by atoms with Crippen LogP contribution in [0.3, 0.4) is 0 Å². The Hall–Kier alpha value is -2.20. The van der Waals surface area contributed by atoms with Gasteiger partial charge in [0.1, 0.15) is 5.52 Å². The number of nitrogens with zero attached hydrogens (tertiary/aromatic N) is 2. The molecule has 0 aliphatic carbocycles. The van der Waals surface area contributed by atoms with Crippen molar-refractivity contribution >= 4 is 22.5 Å². The molecule has 94 valence electrons. The summed E-state index contributed by atoms with van der Waals surface area (Å²) in [6, 6.07) is 10.3. The fourth-order valence-corrected chi connectivity index (χ4v) is 1.88. The summed E-state index contributed by atoms with van der Waals surface area (Å²) in [5, 5.41) is 1.13. The van der Waals surface area contributed by atoms with Crippen LogP contribution < -0.4 is 4.74 Å². The van der Waals surface area contributed by atoms with Crippen molar-refractivity contribution in [1.82, 2.24) is 9.97 Å². The highest BCUT2D eigenvalue weighted by Crippen LogP contribution is 2.29. The quantitative estimate of drug-likeness (QED) is 0.702. The largest absolute Gasteiger partial charge is 0.434 e. The van der Waals surface area contributed by atoms with Crippen molar-refractivity contribution in [2.45, 2.75) is 0 Å². The van der Waals surface area contributed by atoms with Crippen LogP contribution in [0.15, 0.2) is 48.8 Å². The van der Waals surface area contributed by atoms with E-state index in [0.29, 0.717) is 11.3 Å². The first-order valence-corrected chi connectivity index (χ1v) is 5.94. The molecule has 2 heterocycles. The molecule has 0 bridgehead atoms. The van der Waals surface area contributed by atoms with Crippen LogP contribution in [-0.2, 0) is 0 Å². The van der Waals surface area contributed by atoms with Crippen molar-refractivity contribution in [2.75, 3.05) is 0 Å². The molecule has 0 fully saturated rings. The Labute approximate surface area is 113 Å². The summed E-state index contributed by atoms with van der Waals surface area (Å²) in [5.41, 5.74) is 0.654. The van der Waals surface area contributed by atoms with Gasteiger partial charge in [0, 0.05) is 17.8 Å². The molecule has 3 nitrogen and oxygen atoms in total. The van der Waals surface area contributed by atoms with Gasteiger partial charge in [0.2, 0.25) is 0 Å². The third-order valence-electron chi connectivity index (χ3n) is 2.58. The van der Waals surface area contributed by atoms with E-state index in [9.17, 15) is 4.39 Å². The lowest BCUT2D eigenvalue weighted by atomic mass is 10.2. The number of benzene rings is 1. The molecule has 19 heavy (non-hydrogen) atoms. The molecule has 0 aliphatic heterocycles. The van der Waals surface area contributed by atoms with Crippen molar-refractivity contribution in [3.63, 3.8) is 0 Å². The van der Waals surface area contributed by atoms with Crippen molar-refractivity contribution in [3.8, 4) is 11.6 Å². The molecule has 0 amide bonds. The maximum Gasteiger partial charge on any atom is 0.256 e. The van der Waals surface area contributed by atoms with Crippen molar-refractivity contribution < 1.29 is 9.13 Å². The molecule has 0 atom stereocenters. The van der Waals surface area contributed by atoms with Gasteiger partial charge in [-0.1, -0.05) is 29.8 Å². The first-order chi connectivity index (χ1) is 9.24. The highest BCUT2D eigenvalue weighted by Gasteiger charge is 2.10. The number of hydrogen-bond acceptors (Lipinski definition) is 3. The van der Waals surface area contributed by atoms with E-state index in [1.54, 1.807) is 12.3 Å². The molecule has 0 saturated carbocycles. The zero-order valence-electron chi connectivity index (χ0n) is 9.68. The highest BCUT2D eigenvalue weighted by atomic mass is 35.5. The van der Waals surface area contributed by atoms with Crippen LogP contribution in [0, 0.1) is 5.82 Å². The topological polar surface area (TPSA) is 35.0 Å². The molecule has 3 rings (SSSR count). The van der Waals surface area contributed by atoms with E-state index in [0.717, 1.165) is 11.5 Å². The number of para-hydroxylation sites is 1. The zero-order chi connectivity index (χ0) is 13.2. The van der Waals surface area contributed by atoms with Gasteiger partial charge < -0.3 is 4.74 Å². The standard InChI is InChI=1S/C14H8ClFN2O/c15-10-7-11(16)14(18-8-10)19-12-5-1-3-9-4-2-6-17-13(9)12/h1-8H. The zero-order valence-corrected chi connectivity index (χ0v) is 10.4. The normalized spacial score (nSPS) is 10.6. The van der Waals surface area contributed by atoms with Crippen molar-refractivity contribution in [1.29, 1.82) is 0 Å². The molecule has 0 N–H and O–H groups in total. The van der Waals surface area contributed by atoms with Crippen LogP contribution in [-0.4, -0.2) is 9.97 Å². The molecule has 0 spiro atoms. The molecule has 0 radical (unpaired) electrons. The lowest BCUT2D eigenvalue weighted by molar-refractivity contribution is 0.426. The van der Waals surface area contributed by atoms with Gasteiger partial charge in [-0.05, 0) is 18.2 Å². The third-order valence-corrected chi connectivity index (χ3v) is 2.78. The van der Waals surface area contributed by atoms with Crippen LogP contribution in [0.25, 0.3) is 10.9 Å². The number of halogens is 2. The Morgan fingerprint density at radius 2 is 1.95 bits per heavy atom. The number of ether oxygens (including phenoxy) is 1. The van der Waals surface area contributed by atoms with E-state index in [1.165, 1.54) is 6.20 Å².